The Labute approximate surface area is 112 Å². The van der Waals surface area contributed by atoms with E-state index in [9.17, 15) is 8.78 Å². The molecule has 1 saturated carbocycles. The van der Waals surface area contributed by atoms with E-state index in [-0.39, 0.29) is 0 Å². The molecule has 2 rings (SSSR count). The van der Waals surface area contributed by atoms with E-state index >= 15 is 0 Å². The predicted molar refractivity (Wildman–Crippen MR) is 70.9 cm³/mol. The van der Waals surface area contributed by atoms with Gasteiger partial charge in [-0.05, 0) is 36.6 Å². The summed E-state index contributed by atoms with van der Waals surface area (Å²) >= 11 is 0. The van der Waals surface area contributed by atoms with Gasteiger partial charge in [0.1, 0.15) is 0 Å². The van der Waals surface area contributed by atoms with Crippen molar-refractivity contribution in [2.24, 2.45) is 5.92 Å². The Kier molecular flexibility index (Phi) is 5.14. The molecule has 0 aliphatic heterocycles. The lowest BCUT2D eigenvalue weighted by Gasteiger charge is -2.21. The van der Waals surface area contributed by atoms with E-state index in [1.54, 1.807) is 0 Å². The standard InChI is InChI=1S/C15H21F2NO/c16-13-8-12(9-14(17)15(13)19)10-18-7-6-11-4-2-1-3-5-11/h8-9,11,18-19H,1-7,10H2. The average Bonchev–Trinajstić information content (AvgIpc) is 2.42. The smallest absolute Gasteiger partial charge is 0.187 e. The zero-order valence-electron chi connectivity index (χ0n) is 11.1. The Bertz CT molecular complexity index is 394. The van der Waals surface area contributed by atoms with Gasteiger partial charge in [0.2, 0.25) is 0 Å². The molecule has 0 amide bonds. The van der Waals surface area contributed by atoms with Crippen molar-refractivity contribution in [1.29, 1.82) is 0 Å². The second-order valence-electron chi connectivity index (χ2n) is 5.38. The highest BCUT2D eigenvalue weighted by molar-refractivity contribution is 5.29. The first kappa shape index (κ1) is 14.3. The minimum absolute atomic E-state index is 0.431. The van der Waals surface area contributed by atoms with Gasteiger partial charge in [-0.15, -0.1) is 0 Å². The minimum Gasteiger partial charge on any atom is -0.503 e. The fraction of sp³-hybridized carbons (Fsp3) is 0.600. The van der Waals surface area contributed by atoms with Crippen molar-refractivity contribution in [3.05, 3.63) is 29.3 Å². The fourth-order valence-electron chi connectivity index (χ4n) is 2.73. The number of phenolic OH excluding ortho intramolecular Hbond substituents is 1. The Balaban J connectivity index is 1.73. The first-order chi connectivity index (χ1) is 9.16. The molecule has 0 spiro atoms. The highest BCUT2D eigenvalue weighted by Gasteiger charge is 2.13. The van der Waals surface area contributed by atoms with Gasteiger partial charge in [-0.3, -0.25) is 0 Å². The van der Waals surface area contributed by atoms with E-state index in [1.165, 1.54) is 44.2 Å². The number of hydrogen-bond acceptors (Lipinski definition) is 2. The summed E-state index contributed by atoms with van der Waals surface area (Å²) in [6, 6.07) is 2.35. The van der Waals surface area contributed by atoms with Crippen LogP contribution in [0.4, 0.5) is 8.78 Å². The van der Waals surface area contributed by atoms with Gasteiger partial charge in [0.15, 0.2) is 17.4 Å². The van der Waals surface area contributed by atoms with E-state index < -0.39 is 17.4 Å². The first-order valence-corrected chi connectivity index (χ1v) is 7.04. The highest BCUT2D eigenvalue weighted by Crippen LogP contribution is 2.26. The van der Waals surface area contributed by atoms with Crippen LogP contribution in [0.2, 0.25) is 0 Å². The Hall–Kier alpha value is -1.16. The first-order valence-electron chi connectivity index (χ1n) is 7.04. The van der Waals surface area contributed by atoms with Crippen molar-refractivity contribution in [2.45, 2.75) is 45.1 Å². The van der Waals surface area contributed by atoms with Crippen LogP contribution in [0.5, 0.6) is 5.75 Å². The third-order valence-corrected chi connectivity index (χ3v) is 3.86. The molecule has 0 heterocycles. The fourth-order valence-corrected chi connectivity index (χ4v) is 2.73. The number of nitrogens with one attached hydrogen (secondary N) is 1. The average molecular weight is 269 g/mol. The van der Waals surface area contributed by atoms with E-state index in [2.05, 4.69) is 5.32 Å². The van der Waals surface area contributed by atoms with Gasteiger partial charge in [-0.2, -0.15) is 0 Å². The third-order valence-electron chi connectivity index (χ3n) is 3.86. The molecule has 0 saturated heterocycles. The van der Waals surface area contributed by atoms with Gasteiger partial charge in [0.25, 0.3) is 0 Å². The molecule has 1 aliphatic carbocycles. The minimum atomic E-state index is -0.899. The lowest BCUT2D eigenvalue weighted by Crippen LogP contribution is -2.19. The molecule has 106 valence electrons. The maximum absolute atomic E-state index is 13.1. The number of hydrogen-bond donors (Lipinski definition) is 2. The summed E-state index contributed by atoms with van der Waals surface area (Å²) in [4.78, 5) is 0. The number of phenols is 1. The molecular formula is C15H21F2NO. The van der Waals surface area contributed by atoms with Crippen molar-refractivity contribution in [1.82, 2.24) is 5.32 Å². The monoisotopic (exact) mass is 269 g/mol. The van der Waals surface area contributed by atoms with Gasteiger partial charge in [-0.1, -0.05) is 32.1 Å². The van der Waals surface area contributed by atoms with Crippen LogP contribution in [0.15, 0.2) is 12.1 Å². The number of aromatic hydroxyl groups is 1. The molecule has 0 unspecified atom stereocenters. The number of benzene rings is 1. The molecule has 0 atom stereocenters. The Morgan fingerprint density at radius 3 is 2.37 bits per heavy atom. The highest BCUT2D eigenvalue weighted by atomic mass is 19.1. The topological polar surface area (TPSA) is 32.3 Å². The zero-order valence-corrected chi connectivity index (χ0v) is 11.1. The summed E-state index contributed by atoms with van der Waals surface area (Å²) in [5.74, 6) is -1.89. The van der Waals surface area contributed by atoms with Gasteiger partial charge in [0, 0.05) is 6.54 Å². The summed E-state index contributed by atoms with van der Waals surface area (Å²) in [5, 5.41) is 12.2. The van der Waals surface area contributed by atoms with Crippen LogP contribution in [-0.2, 0) is 6.54 Å². The molecule has 1 fully saturated rings. The second kappa shape index (κ2) is 6.85. The molecule has 0 bridgehead atoms. The molecule has 2 nitrogen and oxygen atoms in total. The van der Waals surface area contributed by atoms with Crippen LogP contribution < -0.4 is 5.32 Å². The van der Waals surface area contributed by atoms with E-state index in [0.29, 0.717) is 12.1 Å². The molecule has 1 aromatic carbocycles. The molecule has 0 radical (unpaired) electrons. The van der Waals surface area contributed by atoms with Gasteiger partial charge in [-0.25, -0.2) is 8.78 Å². The van der Waals surface area contributed by atoms with Crippen LogP contribution in [0.25, 0.3) is 0 Å². The lowest BCUT2D eigenvalue weighted by molar-refractivity contribution is 0.333. The van der Waals surface area contributed by atoms with Crippen molar-refractivity contribution in [3.8, 4) is 5.75 Å². The maximum Gasteiger partial charge on any atom is 0.187 e. The van der Waals surface area contributed by atoms with E-state index in [0.717, 1.165) is 18.9 Å². The van der Waals surface area contributed by atoms with Crippen LogP contribution in [-0.4, -0.2) is 11.7 Å². The van der Waals surface area contributed by atoms with Crippen molar-refractivity contribution in [2.75, 3.05) is 6.54 Å². The van der Waals surface area contributed by atoms with Crippen LogP contribution in [0.1, 0.15) is 44.1 Å². The van der Waals surface area contributed by atoms with Crippen molar-refractivity contribution in [3.63, 3.8) is 0 Å². The normalized spacial score (nSPS) is 16.7. The lowest BCUT2D eigenvalue weighted by atomic mass is 9.87. The molecule has 2 N–H and O–H groups in total. The van der Waals surface area contributed by atoms with E-state index in [4.69, 9.17) is 5.11 Å². The zero-order chi connectivity index (χ0) is 13.7. The van der Waals surface area contributed by atoms with Gasteiger partial charge >= 0.3 is 0 Å². The van der Waals surface area contributed by atoms with Crippen LogP contribution in [0.3, 0.4) is 0 Å². The summed E-state index contributed by atoms with van der Waals surface area (Å²) < 4.78 is 26.2. The van der Waals surface area contributed by atoms with E-state index in [1.807, 2.05) is 0 Å². The summed E-state index contributed by atoms with van der Waals surface area (Å²) in [5.41, 5.74) is 0.524. The van der Waals surface area contributed by atoms with Crippen molar-refractivity contribution >= 4 is 0 Å². The molecule has 4 heteroatoms. The quantitative estimate of drug-likeness (QED) is 0.798. The van der Waals surface area contributed by atoms with Gasteiger partial charge in [0.05, 0.1) is 0 Å². The molecule has 0 aromatic heterocycles. The number of rotatable bonds is 5. The summed E-state index contributed by atoms with van der Waals surface area (Å²) in [6.45, 7) is 1.30. The van der Waals surface area contributed by atoms with Crippen molar-refractivity contribution < 1.29 is 13.9 Å². The molecule has 1 aromatic rings. The number of halogens is 2. The summed E-state index contributed by atoms with van der Waals surface area (Å²) in [6.07, 6.45) is 7.77. The molecular weight excluding hydrogens is 248 g/mol. The summed E-state index contributed by atoms with van der Waals surface area (Å²) in [7, 11) is 0. The largest absolute Gasteiger partial charge is 0.503 e. The van der Waals surface area contributed by atoms with Gasteiger partial charge < -0.3 is 10.4 Å². The molecule has 19 heavy (non-hydrogen) atoms. The third kappa shape index (κ3) is 4.16. The second-order valence-corrected chi connectivity index (χ2v) is 5.38. The maximum atomic E-state index is 13.1. The predicted octanol–water partition coefficient (Wildman–Crippen LogP) is 3.73. The molecule has 1 aliphatic rings. The van der Waals surface area contributed by atoms with Crippen LogP contribution >= 0.6 is 0 Å². The Morgan fingerprint density at radius 1 is 1.11 bits per heavy atom. The van der Waals surface area contributed by atoms with Crippen LogP contribution in [0, 0.1) is 17.6 Å². The SMILES string of the molecule is Oc1c(F)cc(CNCCC2CCCCC2)cc1F. The Morgan fingerprint density at radius 2 is 1.74 bits per heavy atom.